The number of hydrazine groups is 1. The van der Waals surface area contributed by atoms with Crippen molar-refractivity contribution in [3.05, 3.63) is 64.7 Å². The molecular weight excluding hydrogens is 289 g/mol. The fraction of sp³-hybridized carbons (Fsp3) is 0.176. The van der Waals surface area contributed by atoms with Crippen molar-refractivity contribution < 1.29 is 13.2 Å². The maximum atomic E-state index is 13.2. The number of hydrogen-bond donors (Lipinski definition) is 1. The van der Waals surface area contributed by atoms with E-state index in [1.54, 1.807) is 12.1 Å². The molecule has 0 amide bonds. The van der Waals surface area contributed by atoms with Gasteiger partial charge in [-0.25, -0.2) is 5.84 Å². The number of anilines is 1. The summed E-state index contributed by atoms with van der Waals surface area (Å²) >= 11 is 0. The van der Waals surface area contributed by atoms with Crippen LogP contribution in [0.1, 0.15) is 22.3 Å². The molecule has 0 unspecified atom stereocenters. The fourth-order valence-electron chi connectivity index (χ4n) is 2.23. The van der Waals surface area contributed by atoms with Crippen molar-refractivity contribution in [2.24, 2.45) is 5.84 Å². The van der Waals surface area contributed by atoms with Gasteiger partial charge < -0.3 is 5.01 Å². The summed E-state index contributed by atoms with van der Waals surface area (Å²) in [5, 5.41) is 1.19. The lowest BCUT2D eigenvalue weighted by molar-refractivity contribution is -0.137. The summed E-state index contributed by atoms with van der Waals surface area (Å²) in [7, 11) is 1.51. The molecule has 0 spiro atoms. The molecule has 0 saturated heterocycles. The largest absolute Gasteiger partial charge is 0.417 e. The van der Waals surface area contributed by atoms with E-state index in [4.69, 9.17) is 5.84 Å². The minimum absolute atomic E-state index is 0.0586. The Balaban J connectivity index is 2.55. The maximum Gasteiger partial charge on any atom is 0.417 e. The number of nitrogens with two attached hydrogens (primary N) is 1. The number of halogens is 3. The summed E-state index contributed by atoms with van der Waals surface area (Å²) in [6.45, 7) is 1.91. The van der Waals surface area contributed by atoms with Crippen LogP contribution >= 0.6 is 0 Å². The number of nitrogens with zero attached hydrogens (tertiary/aromatic N) is 1. The lowest BCUT2D eigenvalue weighted by Gasteiger charge is -2.19. The molecule has 0 fully saturated rings. The van der Waals surface area contributed by atoms with Crippen LogP contribution in [0.25, 0.3) is 12.2 Å². The van der Waals surface area contributed by atoms with Gasteiger partial charge in [-0.15, -0.1) is 0 Å². The lowest BCUT2D eigenvalue weighted by Crippen LogP contribution is -2.26. The first-order valence-electron chi connectivity index (χ1n) is 6.73. The molecule has 2 N–H and O–H groups in total. The molecule has 0 aliphatic rings. The molecule has 0 atom stereocenters. The highest BCUT2D eigenvalue weighted by atomic mass is 19.4. The van der Waals surface area contributed by atoms with Crippen LogP contribution in [0.3, 0.4) is 0 Å². The molecule has 116 valence electrons. The van der Waals surface area contributed by atoms with E-state index in [-0.39, 0.29) is 5.56 Å². The second kappa shape index (κ2) is 6.23. The molecule has 2 rings (SSSR count). The zero-order valence-electron chi connectivity index (χ0n) is 12.4. The van der Waals surface area contributed by atoms with Gasteiger partial charge in [0, 0.05) is 12.6 Å². The zero-order valence-corrected chi connectivity index (χ0v) is 12.4. The SMILES string of the molecule is Cc1ccccc1/C=C/c1c(N(C)N)cccc1C(F)(F)F. The number of alkyl halides is 3. The van der Waals surface area contributed by atoms with E-state index in [9.17, 15) is 13.2 Å². The number of rotatable bonds is 3. The number of aryl methyl sites for hydroxylation is 1. The first-order chi connectivity index (χ1) is 10.3. The third kappa shape index (κ3) is 3.49. The normalized spacial score (nSPS) is 11.9. The Hall–Kier alpha value is -2.27. The van der Waals surface area contributed by atoms with E-state index in [1.165, 1.54) is 24.2 Å². The van der Waals surface area contributed by atoms with Crippen LogP contribution in [0.5, 0.6) is 0 Å². The van der Waals surface area contributed by atoms with E-state index < -0.39 is 11.7 Å². The van der Waals surface area contributed by atoms with Crippen LogP contribution in [-0.2, 0) is 6.18 Å². The number of hydrogen-bond acceptors (Lipinski definition) is 2. The monoisotopic (exact) mass is 306 g/mol. The Morgan fingerprint density at radius 2 is 1.68 bits per heavy atom. The van der Waals surface area contributed by atoms with E-state index in [0.29, 0.717) is 5.69 Å². The molecule has 2 aromatic carbocycles. The van der Waals surface area contributed by atoms with Gasteiger partial charge in [-0.1, -0.05) is 42.5 Å². The molecule has 0 bridgehead atoms. The van der Waals surface area contributed by atoms with Crippen LogP contribution in [0.2, 0.25) is 0 Å². The van der Waals surface area contributed by atoms with Gasteiger partial charge in [-0.2, -0.15) is 13.2 Å². The van der Waals surface area contributed by atoms with E-state index in [1.807, 2.05) is 31.2 Å². The summed E-state index contributed by atoms with van der Waals surface area (Å²) in [4.78, 5) is 0. The molecular formula is C17H17F3N2. The average Bonchev–Trinajstić information content (AvgIpc) is 2.45. The Bertz CT molecular complexity index is 689. The van der Waals surface area contributed by atoms with Gasteiger partial charge >= 0.3 is 6.18 Å². The second-order valence-electron chi connectivity index (χ2n) is 5.04. The van der Waals surface area contributed by atoms with E-state index >= 15 is 0 Å². The van der Waals surface area contributed by atoms with Crippen molar-refractivity contribution in [3.63, 3.8) is 0 Å². The predicted octanol–water partition coefficient (Wildman–Crippen LogP) is 4.49. The highest BCUT2D eigenvalue weighted by molar-refractivity contribution is 5.79. The summed E-state index contributed by atoms with van der Waals surface area (Å²) in [6, 6.07) is 11.5. The molecule has 2 nitrogen and oxygen atoms in total. The quantitative estimate of drug-likeness (QED) is 0.514. The van der Waals surface area contributed by atoms with Crippen molar-refractivity contribution in [2.45, 2.75) is 13.1 Å². The first kappa shape index (κ1) is 16.1. The van der Waals surface area contributed by atoms with Gasteiger partial charge in [0.2, 0.25) is 0 Å². The molecule has 0 heterocycles. The second-order valence-corrected chi connectivity index (χ2v) is 5.04. The lowest BCUT2D eigenvalue weighted by atomic mass is 10.0. The summed E-state index contributed by atoms with van der Waals surface area (Å²) < 4.78 is 39.6. The third-order valence-electron chi connectivity index (χ3n) is 3.39. The van der Waals surface area contributed by atoms with Crippen molar-refractivity contribution in [1.82, 2.24) is 0 Å². The van der Waals surface area contributed by atoms with Crippen molar-refractivity contribution in [1.29, 1.82) is 0 Å². The topological polar surface area (TPSA) is 29.3 Å². The van der Waals surface area contributed by atoms with Crippen molar-refractivity contribution in [3.8, 4) is 0 Å². The maximum absolute atomic E-state index is 13.2. The summed E-state index contributed by atoms with van der Waals surface area (Å²) in [5.74, 6) is 5.66. The van der Waals surface area contributed by atoms with Gasteiger partial charge in [0.15, 0.2) is 0 Å². The fourth-order valence-corrected chi connectivity index (χ4v) is 2.23. The van der Waals surface area contributed by atoms with Gasteiger partial charge in [-0.3, -0.25) is 0 Å². The summed E-state index contributed by atoms with van der Waals surface area (Å²) in [5.41, 5.74) is 1.53. The van der Waals surface area contributed by atoms with Crippen LogP contribution < -0.4 is 10.9 Å². The van der Waals surface area contributed by atoms with Gasteiger partial charge in [0.25, 0.3) is 0 Å². The molecule has 0 radical (unpaired) electrons. The molecule has 2 aromatic rings. The standard InChI is InChI=1S/C17H17F3N2/c1-12-6-3-4-7-13(12)10-11-14-15(17(18,19)20)8-5-9-16(14)22(2)21/h3-11H,21H2,1-2H3/b11-10+. The van der Waals surface area contributed by atoms with Crippen molar-refractivity contribution >= 4 is 17.8 Å². The Morgan fingerprint density at radius 1 is 1.00 bits per heavy atom. The highest BCUT2D eigenvalue weighted by Gasteiger charge is 2.33. The molecule has 5 heteroatoms. The summed E-state index contributed by atoms with van der Waals surface area (Å²) in [6.07, 6.45) is -1.30. The van der Waals surface area contributed by atoms with Crippen LogP contribution in [0.4, 0.5) is 18.9 Å². The van der Waals surface area contributed by atoms with Crippen LogP contribution in [0.15, 0.2) is 42.5 Å². The number of benzene rings is 2. The Morgan fingerprint density at radius 3 is 2.27 bits per heavy atom. The van der Waals surface area contributed by atoms with Gasteiger partial charge in [-0.05, 0) is 30.2 Å². The molecule has 0 aliphatic heterocycles. The van der Waals surface area contributed by atoms with E-state index in [2.05, 4.69) is 0 Å². The molecule has 22 heavy (non-hydrogen) atoms. The Kier molecular flexibility index (Phi) is 4.56. The average molecular weight is 306 g/mol. The smallest absolute Gasteiger partial charge is 0.314 e. The minimum atomic E-state index is -4.43. The minimum Gasteiger partial charge on any atom is -0.314 e. The third-order valence-corrected chi connectivity index (χ3v) is 3.39. The molecule has 0 saturated carbocycles. The van der Waals surface area contributed by atoms with Crippen LogP contribution in [-0.4, -0.2) is 7.05 Å². The molecule has 0 aromatic heterocycles. The first-order valence-corrected chi connectivity index (χ1v) is 6.73. The predicted molar refractivity (Wildman–Crippen MR) is 84.1 cm³/mol. The molecule has 0 aliphatic carbocycles. The van der Waals surface area contributed by atoms with Crippen LogP contribution in [0, 0.1) is 6.92 Å². The zero-order chi connectivity index (χ0) is 16.3. The highest BCUT2D eigenvalue weighted by Crippen LogP contribution is 2.36. The Labute approximate surface area is 127 Å². The van der Waals surface area contributed by atoms with Crippen molar-refractivity contribution in [2.75, 3.05) is 12.1 Å². The van der Waals surface area contributed by atoms with Gasteiger partial charge in [0.1, 0.15) is 0 Å². The van der Waals surface area contributed by atoms with E-state index in [0.717, 1.165) is 17.2 Å². The van der Waals surface area contributed by atoms with Gasteiger partial charge in [0.05, 0.1) is 11.3 Å².